The third-order valence-corrected chi connectivity index (χ3v) is 2.21. The van der Waals surface area contributed by atoms with E-state index in [0.717, 1.165) is 0 Å². The fourth-order valence-electron chi connectivity index (χ4n) is 1.40. The molecule has 0 amide bonds. The molecule has 0 aromatic heterocycles. The van der Waals surface area contributed by atoms with E-state index in [2.05, 4.69) is 0 Å². The molecule has 0 aliphatic rings. The van der Waals surface area contributed by atoms with Crippen LogP contribution in [0.1, 0.15) is 11.5 Å². The van der Waals surface area contributed by atoms with Gasteiger partial charge in [-0.05, 0) is 17.7 Å². The predicted octanol–water partition coefficient (Wildman–Crippen LogP) is -1.71. The first-order valence-electron chi connectivity index (χ1n) is 4.65. The number of hydrogen-bond donors (Lipinski definition) is 0. The standard InChI is InChI=1S/C11H12O6/c1-16-7-4-3-6(5-8(7)17-2)9(10(12)13)11(14)15/h3-5,9H,1-2H3,(H,12,13)(H,14,15)/p-2. The van der Waals surface area contributed by atoms with Crippen molar-refractivity contribution in [3.05, 3.63) is 23.8 Å². The zero-order valence-electron chi connectivity index (χ0n) is 9.26. The first kappa shape index (κ1) is 12.8. The van der Waals surface area contributed by atoms with Crippen LogP contribution >= 0.6 is 0 Å². The van der Waals surface area contributed by atoms with Gasteiger partial charge in [0.1, 0.15) is 0 Å². The molecule has 0 spiro atoms. The number of rotatable bonds is 5. The van der Waals surface area contributed by atoms with Crippen molar-refractivity contribution in [3.63, 3.8) is 0 Å². The lowest BCUT2D eigenvalue weighted by Gasteiger charge is -2.20. The SMILES string of the molecule is COc1ccc(C(C(=O)[O-])C(=O)[O-])cc1OC. The molecule has 6 heteroatoms. The summed E-state index contributed by atoms with van der Waals surface area (Å²) in [6, 6.07) is 3.97. The fourth-order valence-corrected chi connectivity index (χ4v) is 1.40. The molecule has 1 aromatic rings. The summed E-state index contributed by atoms with van der Waals surface area (Å²) in [7, 11) is 2.77. The molecule has 0 radical (unpaired) electrons. The predicted molar refractivity (Wildman–Crippen MR) is 52.3 cm³/mol. The molecule has 0 N–H and O–H groups in total. The van der Waals surface area contributed by atoms with Crippen molar-refractivity contribution in [2.45, 2.75) is 5.92 Å². The molecule has 0 saturated carbocycles. The Bertz CT molecular complexity index is 426. The normalized spacial score (nSPS) is 10.1. The van der Waals surface area contributed by atoms with Crippen LogP contribution in [0.4, 0.5) is 0 Å². The van der Waals surface area contributed by atoms with Crippen molar-refractivity contribution in [1.82, 2.24) is 0 Å². The Morgan fingerprint density at radius 1 is 1.06 bits per heavy atom. The van der Waals surface area contributed by atoms with Crippen molar-refractivity contribution in [3.8, 4) is 11.5 Å². The molecule has 0 aliphatic heterocycles. The van der Waals surface area contributed by atoms with Gasteiger partial charge in [0.05, 0.1) is 32.1 Å². The second kappa shape index (κ2) is 5.20. The lowest BCUT2D eigenvalue weighted by molar-refractivity contribution is -0.326. The molecular formula is C11H10O6-2. The number of carboxylic acid groups (broad SMARTS) is 2. The minimum Gasteiger partial charge on any atom is -0.549 e. The second-order valence-corrected chi connectivity index (χ2v) is 3.19. The maximum atomic E-state index is 10.7. The smallest absolute Gasteiger partial charge is 0.161 e. The highest BCUT2D eigenvalue weighted by molar-refractivity contribution is 5.97. The zero-order chi connectivity index (χ0) is 13.0. The van der Waals surface area contributed by atoms with Gasteiger partial charge in [0.2, 0.25) is 0 Å². The summed E-state index contributed by atoms with van der Waals surface area (Å²) in [4.78, 5) is 21.4. The van der Waals surface area contributed by atoms with Crippen LogP contribution < -0.4 is 19.7 Å². The molecule has 0 aliphatic carbocycles. The lowest BCUT2D eigenvalue weighted by Crippen LogP contribution is -2.41. The summed E-state index contributed by atoms with van der Waals surface area (Å²) in [5.41, 5.74) is 0.00245. The van der Waals surface area contributed by atoms with Gasteiger partial charge in [-0.1, -0.05) is 6.07 Å². The summed E-state index contributed by atoms with van der Waals surface area (Å²) in [6.07, 6.45) is 0. The summed E-state index contributed by atoms with van der Waals surface area (Å²) in [5, 5.41) is 21.4. The van der Waals surface area contributed by atoms with Crippen molar-refractivity contribution < 1.29 is 29.3 Å². The summed E-state index contributed by atoms with van der Waals surface area (Å²) in [5.74, 6) is -4.71. The van der Waals surface area contributed by atoms with Gasteiger partial charge in [0, 0.05) is 0 Å². The van der Waals surface area contributed by atoms with Gasteiger partial charge in [-0.15, -0.1) is 0 Å². The maximum Gasteiger partial charge on any atom is 0.161 e. The number of hydrogen-bond acceptors (Lipinski definition) is 6. The molecular weight excluding hydrogens is 228 g/mol. The highest BCUT2D eigenvalue weighted by Crippen LogP contribution is 2.30. The van der Waals surface area contributed by atoms with E-state index in [1.54, 1.807) is 0 Å². The maximum absolute atomic E-state index is 10.7. The first-order chi connectivity index (χ1) is 8.01. The fraction of sp³-hybridized carbons (Fsp3) is 0.273. The molecule has 0 heterocycles. The molecule has 0 saturated heterocycles. The number of ether oxygens (including phenoxy) is 2. The van der Waals surface area contributed by atoms with Crippen molar-refractivity contribution in [2.75, 3.05) is 14.2 Å². The number of methoxy groups -OCH3 is 2. The van der Waals surface area contributed by atoms with Crippen LogP contribution in [0.5, 0.6) is 11.5 Å². The van der Waals surface area contributed by atoms with E-state index in [9.17, 15) is 19.8 Å². The topological polar surface area (TPSA) is 98.7 Å². The highest BCUT2D eigenvalue weighted by Gasteiger charge is 2.16. The molecule has 1 aromatic carbocycles. The van der Waals surface area contributed by atoms with Crippen LogP contribution in [-0.2, 0) is 9.59 Å². The molecule has 1 rings (SSSR count). The largest absolute Gasteiger partial charge is 0.549 e. The first-order valence-corrected chi connectivity index (χ1v) is 4.65. The third-order valence-electron chi connectivity index (χ3n) is 2.21. The average Bonchev–Trinajstić information content (AvgIpc) is 2.27. The summed E-state index contributed by atoms with van der Waals surface area (Å²) in [6.45, 7) is 0. The molecule has 92 valence electrons. The molecule has 17 heavy (non-hydrogen) atoms. The Morgan fingerprint density at radius 3 is 2.00 bits per heavy atom. The van der Waals surface area contributed by atoms with Gasteiger partial charge < -0.3 is 29.3 Å². The Morgan fingerprint density at radius 2 is 1.59 bits per heavy atom. The van der Waals surface area contributed by atoms with Gasteiger partial charge in [0.15, 0.2) is 11.5 Å². The van der Waals surface area contributed by atoms with Crippen LogP contribution in [0.15, 0.2) is 18.2 Å². The number of carbonyl (C=O) groups excluding carboxylic acids is 2. The van der Waals surface area contributed by atoms with E-state index < -0.39 is 17.9 Å². The van der Waals surface area contributed by atoms with E-state index >= 15 is 0 Å². The van der Waals surface area contributed by atoms with Crippen LogP contribution in [0, 0.1) is 0 Å². The van der Waals surface area contributed by atoms with E-state index in [4.69, 9.17) is 9.47 Å². The minimum absolute atomic E-state index is 0.00245. The zero-order valence-corrected chi connectivity index (χ0v) is 9.26. The van der Waals surface area contributed by atoms with E-state index in [1.807, 2.05) is 0 Å². The van der Waals surface area contributed by atoms with E-state index in [1.165, 1.54) is 32.4 Å². The summed E-state index contributed by atoms with van der Waals surface area (Å²) < 4.78 is 9.88. The minimum atomic E-state index is -1.84. The molecule has 0 bridgehead atoms. The highest BCUT2D eigenvalue weighted by atomic mass is 16.5. The average molecular weight is 238 g/mol. The van der Waals surface area contributed by atoms with Crippen molar-refractivity contribution >= 4 is 11.9 Å². The van der Waals surface area contributed by atoms with Crippen molar-refractivity contribution in [1.29, 1.82) is 0 Å². The molecule has 0 atom stereocenters. The van der Waals surface area contributed by atoms with Gasteiger partial charge in [0.25, 0.3) is 0 Å². The monoisotopic (exact) mass is 238 g/mol. The van der Waals surface area contributed by atoms with Crippen LogP contribution in [0.3, 0.4) is 0 Å². The van der Waals surface area contributed by atoms with Gasteiger partial charge in [-0.2, -0.15) is 0 Å². The molecule has 0 fully saturated rings. The van der Waals surface area contributed by atoms with E-state index in [-0.39, 0.29) is 11.3 Å². The van der Waals surface area contributed by atoms with E-state index in [0.29, 0.717) is 5.75 Å². The summed E-state index contributed by atoms with van der Waals surface area (Å²) >= 11 is 0. The molecule has 6 nitrogen and oxygen atoms in total. The second-order valence-electron chi connectivity index (χ2n) is 3.19. The Labute approximate surface area is 97.4 Å². The number of aliphatic carboxylic acids is 2. The van der Waals surface area contributed by atoms with Crippen LogP contribution in [-0.4, -0.2) is 26.2 Å². The Balaban J connectivity index is 3.22. The van der Waals surface area contributed by atoms with Gasteiger partial charge in [-0.3, -0.25) is 0 Å². The Kier molecular flexibility index (Phi) is 3.92. The third kappa shape index (κ3) is 2.66. The van der Waals surface area contributed by atoms with Crippen LogP contribution in [0.2, 0.25) is 0 Å². The molecule has 0 unspecified atom stereocenters. The van der Waals surface area contributed by atoms with Gasteiger partial charge in [-0.25, -0.2) is 0 Å². The number of benzene rings is 1. The lowest BCUT2D eigenvalue weighted by atomic mass is 9.99. The quantitative estimate of drug-likeness (QED) is 0.566. The van der Waals surface area contributed by atoms with Crippen molar-refractivity contribution in [2.24, 2.45) is 0 Å². The Hall–Kier alpha value is -2.24. The van der Waals surface area contributed by atoms with Crippen LogP contribution in [0.25, 0.3) is 0 Å². The number of carbonyl (C=O) groups is 2. The van der Waals surface area contributed by atoms with Gasteiger partial charge >= 0.3 is 0 Å². The number of carboxylic acids is 2.